The van der Waals surface area contributed by atoms with Gasteiger partial charge in [-0.1, -0.05) is 110 Å². The number of nitrogens with zero attached hydrogens (tertiary/aromatic N) is 4. The zero-order chi connectivity index (χ0) is 39.5. The van der Waals surface area contributed by atoms with Crippen LogP contribution in [0, 0.1) is 5.92 Å². The van der Waals surface area contributed by atoms with Gasteiger partial charge in [0, 0.05) is 59.0 Å². The van der Waals surface area contributed by atoms with E-state index in [1.54, 1.807) is 0 Å². The van der Waals surface area contributed by atoms with E-state index in [0.29, 0.717) is 5.92 Å². The van der Waals surface area contributed by atoms with Crippen LogP contribution in [0.15, 0.2) is 174 Å². The summed E-state index contributed by atoms with van der Waals surface area (Å²) in [5.74, 6) is 1.07. The molecule has 282 valence electrons. The van der Waals surface area contributed by atoms with Crippen LogP contribution in [0.2, 0.25) is 0 Å². The van der Waals surface area contributed by atoms with Crippen molar-refractivity contribution in [1.82, 2.24) is 19.4 Å². The summed E-state index contributed by atoms with van der Waals surface area (Å²) in [7, 11) is 0. The first-order chi connectivity index (χ1) is 29.6. The fourth-order valence-corrected chi connectivity index (χ4v) is 10.5. The van der Waals surface area contributed by atoms with E-state index >= 15 is 0 Å². The molecule has 1 aliphatic rings. The van der Waals surface area contributed by atoms with Crippen LogP contribution in [0.25, 0.3) is 120 Å². The van der Waals surface area contributed by atoms with E-state index in [4.69, 9.17) is 19.4 Å². The van der Waals surface area contributed by atoms with Crippen molar-refractivity contribution in [3.63, 3.8) is 0 Å². The molecule has 0 fully saturated rings. The number of hydrogen-bond acceptors (Lipinski definition) is 5. The second kappa shape index (κ2) is 12.8. The lowest BCUT2D eigenvalue weighted by Gasteiger charge is -2.18. The summed E-state index contributed by atoms with van der Waals surface area (Å²) in [6, 6.07) is 52.0. The van der Waals surface area contributed by atoms with Gasteiger partial charge in [-0.05, 0) is 100 Å². The average molecular weight is 787 g/mol. The van der Waals surface area contributed by atoms with E-state index < -0.39 is 0 Å². The summed E-state index contributed by atoms with van der Waals surface area (Å²) in [5.41, 5.74) is 12.2. The normalized spacial score (nSPS) is 14.6. The Morgan fingerprint density at radius 1 is 0.550 bits per heavy atom. The van der Waals surface area contributed by atoms with Gasteiger partial charge < -0.3 is 4.42 Å². The van der Waals surface area contributed by atoms with Crippen molar-refractivity contribution in [2.75, 3.05) is 0 Å². The minimum absolute atomic E-state index is 0.354. The maximum absolute atomic E-state index is 6.13. The number of benzene rings is 7. The second-order valence-electron chi connectivity index (χ2n) is 16.0. The van der Waals surface area contributed by atoms with Crippen molar-refractivity contribution in [3.05, 3.63) is 176 Å². The SMILES string of the molecule is CC1CC=CC=C1c1cc(-c2ccc3sc4ccccc4c3c2)nc(-c2ccc3c(c2)c2ccccc2c2nc4cc(-c5ccc6oc7ccccc7c6c5)ccn4c32)n1. The number of hydrogen-bond donors (Lipinski definition) is 0. The van der Waals surface area contributed by atoms with E-state index in [1.807, 2.05) is 23.5 Å². The van der Waals surface area contributed by atoms with Crippen LogP contribution in [0.4, 0.5) is 0 Å². The molecule has 0 saturated heterocycles. The topological polar surface area (TPSA) is 56.2 Å². The van der Waals surface area contributed by atoms with E-state index in [0.717, 1.165) is 106 Å². The van der Waals surface area contributed by atoms with Crippen LogP contribution in [0.1, 0.15) is 19.0 Å². The number of aromatic nitrogens is 4. The summed E-state index contributed by atoms with van der Waals surface area (Å²) in [4.78, 5) is 16.0. The Bertz CT molecular complexity index is 3840. The third-order valence-corrected chi connectivity index (χ3v) is 13.6. The van der Waals surface area contributed by atoms with Gasteiger partial charge in [0.2, 0.25) is 0 Å². The maximum atomic E-state index is 6.13. The number of allylic oxidation sites excluding steroid dienone is 4. The van der Waals surface area contributed by atoms with Crippen LogP contribution in [-0.4, -0.2) is 19.4 Å². The largest absolute Gasteiger partial charge is 0.456 e. The van der Waals surface area contributed by atoms with Gasteiger partial charge in [0.1, 0.15) is 16.8 Å². The highest BCUT2D eigenvalue weighted by Gasteiger charge is 2.20. The lowest BCUT2D eigenvalue weighted by atomic mass is 9.90. The molecule has 0 N–H and O–H groups in total. The van der Waals surface area contributed by atoms with Gasteiger partial charge in [-0.2, -0.15) is 0 Å². The maximum Gasteiger partial charge on any atom is 0.160 e. The van der Waals surface area contributed by atoms with Crippen LogP contribution in [0.3, 0.4) is 0 Å². The summed E-state index contributed by atoms with van der Waals surface area (Å²) < 4.78 is 10.9. The number of rotatable bonds is 4. The molecule has 13 rings (SSSR count). The van der Waals surface area contributed by atoms with Gasteiger partial charge in [0.05, 0.1) is 22.4 Å². The summed E-state index contributed by atoms with van der Waals surface area (Å²) in [5, 5.41) is 9.34. The van der Waals surface area contributed by atoms with Gasteiger partial charge in [-0.15, -0.1) is 11.3 Å². The Balaban J connectivity index is 0.989. The molecule has 0 amide bonds. The zero-order valence-electron chi connectivity index (χ0n) is 32.6. The Morgan fingerprint density at radius 3 is 2.18 bits per heavy atom. The molecule has 0 radical (unpaired) electrons. The fourth-order valence-electron chi connectivity index (χ4n) is 9.45. The molecule has 5 aromatic heterocycles. The van der Waals surface area contributed by atoms with E-state index in [9.17, 15) is 0 Å². The molecule has 1 unspecified atom stereocenters. The number of imidazole rings is 1. The molecule has 6 heteroatoms. The Morgan fingerprint density at radius 2 is 1.27 bits per heavy atom. The van der Waals surface area contributed by atoms with Crippen molar-refractivity contribution < 1.29 is 4.42 Å². The number of furan rings is 1. The van der Waals surface area contributed by atoms with Crippen LogP contribution in [0.5, 0.6) is 0 Å². The van der Waals surface area contributed by atoms with Gasteiger partial charge in [-0.25, -0.2) is 15.0 Å². The molecule has 0 spiro atoms. The minimum Gasteiger partial charge on any atom is -0.456 e. The Labute approximate surface area is 348 Å². The number of para-hydroxylation sites is 1. The molecule has 5 nitrogen and oxygen atoms in total. The molecule has 60 heavy (non-hydrogen) atoms. The van der Waals surface area contributed by atoms with Crippen molar-refractivity contribution in [3.8, 4) is 33.8 Å². The highest BCUT2D eigenvalue weighted by atomic mass is 32.1. The van der Waals surface area contributed by atoms with Crippen LogP contribution < -0.4 is 0 Å². The van der Waals surface area contributed by atoms with Gasteiger partial charge >= 0.3 is 0 Å². The van der Waals surface area contributed by atoms with E-state index in [-0.39, 0.29) is 0 Å². The Kier molecular flexibility index (Phi) is 7.15. The minimum atomic E-state index is 0.354. The first-order valence-corrected chi connectivity index (χ1v) is 21.3. The molecule has 0 saturated carbocycles. The monoisotopic (exact) mass is 786 g/mol. The quantitative estimate of drug-likeness (QED) is 0.167. The highest BCUT2D eigenvalue weighted by Crippen LogP contribution is 2.41. The molecular weight excluding hydrogens is 753 g/mol. The van der Waals surface area contributed by atoms with Crippen LogP contribution >= 0.6 is 11.3 Å². The van der Waals surface area contributed by atoms with E-state index in [2.05, 4.69) is 169 Å². The van der Waals surface area contributed by atoms with E-state index in [1.165, 1.54) is 25.7 Å². The lowest BCUT2D eigenvalue weighted by molar-refractivity contribution is 0.669. The second-order valence-corrected chi connectivity index (χ2v) is 17.1. The smallest absolute Gasteiger partial charge is 0.160 e. The standard InChI is InChI=1S/C54H34N4OS/c1-31-10-2-3-11-36(31)46-30-45(34-20-23-50-44(27-34)39-14-7-9-17-49(39)60-50)55-54(56-46)35-18-21-41-42(28-35)37-12-4-5-15-40(37)52-53(41)58-25-24-33(29-51(58)57-52)32-19-22-48-43(26-32)38-13-6-8-16-47(38)59-48/h2-9,11-31H,10H2,1H3. The predicted octanol–water partition coefficient (Wildman–Crippen LogP) is 14.8. The zero-order valence-corrected chi connectivity index (χ0v) is 33.4. The summed E-state index contributed by atoms with van der Waals surface area (Å²) >= 11 is 1.84. The molecule has 5 heterocycles. The number of pyridine rings is 1. The summed E-state index contributed by atoms with van der Waals surface area (Å²) in [6.07, 6.45) is 9.78. The molecular formula is C54H34N4OS. The molecule has 1 atom stereocenters. The molecule has 12 aromatic rings. The first-order valence-electron chi connectivity index (χ1n) is 20.5. The molecule has 0 bridgehead atoms. The number of thiophene rings is 1. The van der Waals surface area contributed by atoms with Gasteiger partial charge in [0.25, 0.3) is 0 Å². The highest BCUT2D eigenvalue weighted by molar-refractivity contribution is 7.25. The third-order valence-electron chi connectivity index (χ3n) is 12.5. The Hall–Kier alpha value is -7.41. The van der Waals surface area contributed by atoms with Gasteiger partial charge in [0.15, 0.2) is 5.82 Å². The van der Waals surface area contributed by atoms with Crippen molar-refractivity contribution in [1.29, 1.82) is 0 Å². The number of fused-ring (bicyclic) bond motifs is 14. The van der Waals surface area contributed by atoms with Crippen molar-refractivity contribution in [2.45, 2.75) is 13.3 Å². The molecule has 0 aliphatic heterocycles. The van der Waals surface area contributed by atoms with Gasteiger partial charge in [-0.3, -0.25) is 4.40 Å². The average Bonchev–Trinajstić information content (AvgIpc) is 4.00. The third kappa shape index (κ3) is 5.07. The van der Waals surface area contributed by atoms with Crippen molar-refractivity contribution in [2.24, 2.45) is 5.92 Å². The molecule has 1 aliphatic carbocycles. The molecule has 7 aromatic carbocycles. The van der Waals surface area contributed by atoms with Crippen LogP contribution in [-0.2, 0) is 0 Å². The van der Waals surface area contributed by atoms with Crippen molar-refractivity contribution >= 4 is 97.2 Å². The first kappa shape index (κ1) is 33.6. The summed E-state index contributed by atoms with van der Waals surface area (Å²) in [6.45, 7) is 2.28. The fraction of sp³-hybridized carbons (Fsp3) is 0.0556. The lowest BCUT2D eigenvalue weighted by Crippen LogP contribution is -2.05. The predicted molar refractivity (Wildman–Crippen MR) is 251 cm³/mol.